The Hall–Kier alpha value is -3.75. The second-order valence-electron chi connectivity index (χ2n) is 8.84. The Morgan fingerprint density at radius 2 is 1.69 bits per heavy atom. The molecule has 0 radical (unpaired) electrons. The van der Waals surface area contributed by atoms with E-state index < -0.39 is 0 Å². The number of likely N-dealkylation sites (tertiary alicyclic amines) is 1. The molecule has 7 nitrogen and oxygen atoms in total. The van der Waals surface area contributed by atoms with Gasteiger partial charge in [-0.1, -0.05) is 48.5 Å². The van der Waals surface area contributed by atoms with Crippen molar-refractivity contribution < 1.29 is 0 Å². The third kappa shape index (κ3) is 4.89. The zero-order valence-corrected chi connectivity index (χ0v) is 20.2. The zero-order valence-electron chi connectivity index (χ0n) is 19.3. The minimum Gasteiger partial charge on any atom is -0.351 e. The molecule has 4 heterocycles. The van der Waals surface area contributed by atoms with Gasteiger partial charge in [-0.2, -0.15) is 21.3 Å². The summed E-state index contributed by atoms with van der Waals surface area (Å²) in [5, 5.41) is 11.2. The van der Waals surface area contributed by atoms with Gasteiger partial charge in [0.15, 0.2) is 17.0 Å². The van der Waals surface area contributed by atoms with Crippen LogP contribution >= 0.6 is 11.3 Å². The number of imidazole rings is 1. The standard InChI is InChI=1S/C27H27N7S/c1-3-7-20(8-4-1)17-33-14-11-22(12-15-33)30-27-31-25(29-21-9-5-2-6-10-21)24-26(32-27)34(19-28-24)23-13-16-35-18-23/h1-10,13,16,18-19,22H,11-12,14-15,17H2,(H2,29,30,31,32). The van der Waals surface area contributed by atoms with Crippen LogP contribution in [0.1, 0.15) is 18.4 Å². The summed E-state index contributed by atoms with van der Waals surface area (Å²) >= 11 is 1.66. The van der Waals surface area contributed by atoms with Gasteiger partial charge in [-0.3, -0.25) is 9.47 Å². The van der Waals surface area contributed by atoms with E-state index in [2.05, 4.69) is 67.7 Å². The smallest absolute Gasteiger partial charge is 0.227 e. The van der Waals surface area contributed by atoms with Gasteiger partial charge < -0.3 is 10.6 Å². The van der Waals surface area contributed by atoms with Gasteiger partial charge in [-0.25, -0.2) is 4.98 Å². The molecule has 2 N–H and O–H groups in total. The number of nitrogens with one attached hydrogen (secondary N) is 2. The molecule has 5 aromatic rings. The van der Waals surface area contributed by atoms with E-state index in [1.165, 1.54) is 5.56 Å². The SMILES string of the molecule is c1ccc(CN2CCC(Nc3nc(Nc4ccccc4)c4ncn(-c5ccsc5)c4n3)CC2)cc1. The molecule has 0 aliphatic carbocycles. The van der Waals surface area contributed by atoms with Crippen LogP contribution in [-0.2, 0) is 6.54 Å². The fraction of sp³-hybridized carbons (Fsp3) is 0.222. The van der Waals surface area contributed by atoms with Gasteiger partial charge in [0.2, 0.25) is 5.95 Å². The largest absolute Gasteiger partial charge is 0.351 e. The Bertz CT molecular complexity index is 1380. The summed E-state index contributed by atoms with van der Waals surface area (Å²) in [5.74, 6) is 1.34. The number of piperidine rings is 1. The number of nitrogens with zero attached hydrogens (tertiary/aromatic N) is 5. The third-order valence-electron chi connectivity index (χ3n) is 6.39. The zero-order chi connectivity index (χ0) is 23.5. The molecule has 3 aromatic heterocycles. The summed E-state index contributed by atoms with van der Waals surface area (Å²) in [6.45, 7) is 3.11. The van der Waals surface area contributed by atoms with Gasteiger partial charge >= 0.3 is 0 Å². The molecule has 0 bridgehead atoms. The summed E-state index contributed by atoms with van der Waals surface area (Å²) in [6.07, 6.45) is 3.93. The number of thiophene rings is 1. The van der Waals surface area contributed by atoms with Crippen LogP contribution in [0.5, 0.6) is 0 Å². The molecule has 1 saturated heterocycles. The van der Waals surface area contributed by atoms with Crippen molar-refractivity contribution in [1.29, 1.82) is 0 Å². The first-order chi connectivity index (χ1) is 17.3. The maximum Gasteiger partial charge on any atom is 0.227 e. The maximum absolute atomic E-state index is 4.90. The average Bonchev–Trinajstić information content (AvgIpc) is 3.57. The lowest BCUT2D eigenvalue weighted by Gasteiger charge is -2.32. The average molecular weight is 482 g/mol. The summed E-state index contributed by atoms with van der Waals surface area (Å²) < 4.78 is 2.03. The number of hydrogen-bond donors (Lipinski definition) is 2. The molecule has 1 aliphatic rings. The molecule has 2 aromatic carbocycles. The van der Waals surface area contributed by atoms with Crippen molar-refractivity contribution in [2.24, 2.45) is 0 Å². The molecule has 8 heteroatoms. The minimum absolute atomic E-state index is 0.335. The first-order valence-corrected chi connectivity index (χ1v) is 12.9. The number of anilines is 3. The van der Waals surface area contributed by atoms with Crippen molar-refractivity contribution in [3.05, 3.63) is 89.4 Å². The van der Waals surface area contributed by atoms with Crippen molar-refractivity contribution in [2.45, 2.75) is 25.4 Å². The number of hydrogen-bond acceptors (Lipinski definition) is 7. The van der Waals surface area contributed by atoms with Gasteiger partial charge in [0, 0.05) is 36.7 Å². The molecule has 0 amide bonds. The molecule has 6 rings (SSSR count). The van der Waals surface area contributed by atoms with Gasteiger partial charge in [0.25, 0.3) is 0 Å². The molecule has 35 heavy (non-hydrogen) atoms. The van der Waals surface area contributed by atoms with Crippen LogP contribution < -0.4 is 10.6 Å². The molecular weight excluding hydrogens is 454 g/mol. The molecule has 176 valence electrons. The second kappa shape index (κ2) is 9.85. The van der Waals surface area contributed by atoms with Crippen molar-refractivity contribution >= 4 is 40.0 Å². The van der Waals surface area contributed by atoms with Crippen molar-refractivity contribution in [3.63, 3.8) is 0 Å². The molecule has 0 atom stereocenters. The van der Waals surface area contributed by atoms with Crippen molar-refractivity contribution in [1.82, 2.24) is 24.4 Å². The Morgan fingerprint density at radius 1 is 0.914 bits per heavy atom. The number of benzene rings is 2. The van der Waals surface area contributed by atoms with E-state index in [-0.39, 0.29) is 0 Å². The van der Waals surface area contributed by atoms with Crippen LogP contribution in [0, 0.1) is 0 Å². The van der Waals surface area contributed by atoms with Crippen LogP contribution in [-0.4, -0.2) is 43.6 Å². The van der Waals surface area contributed by atoms with Gasteiger partial charge in [0.05, 0.1) is 5.69 Å². The topological polar surface area (TPSA) is 70.9 Å². The second-order valence-corrected chi connectivity index (χ2v) is 9.62. The van der Waals surface area contributed by atoms with Gasteiger partial charge in [-0.05, 0) is 42.0 Å². The number of fused-ring (bicyclic) bond motifs is 1. The first kappa shape index (κ1) is 21.8. The molecule has 1 aliphatic heterocycles. The van der Waals surface area contributed by atoms with Crippen molar-refractivity contribution in [3.8, 4) is 5.69 Å². The predicted molar refractivity (Wildman–Crippen MR) is 143 cm³/mol. The Labute approximate surface area is 208 Å². The highest BCUT2D eigenvalue weighted by Crippen LogP contribution is 2.27. The molecule has 1 fully saturated rings. The van der Waals surface area contributed by atoms with Crippen LogP contribution in [0.4, 0.5) is 17.5 Å². The van der Waals surface area contributed by atoms with Gasteiger partial charge in [-0.15, -0.1) is 0 Å². The lowest BCUT2D eigenvalue weighted by atomic mass is 10.0. The summed E-state index contributed by atoms with van der Waals surface area (Å²) in [7, 11) is 0. The van der Waals surface area contributed by atoms with E-state index in [0.29, 0.717) is 17.8 Å². The lowest BCUT2D eigenvalue weighted by molar-refractivity contribution is 0.211. The molecule has 0 saturated carbocycles. The van der Waals surface area contributed by atoms with Gasteiger partial charge in [0.1, 0.15) is 6.33 Å². The normalized spacial score (nSPS) is 14.9. The highest BCUT2D eigenvalue weighted by molar-refractivity contribution is 7.08. The van der Waals surface area contributed by atoms with E-state index in [9.17, 15) is 0 Å². The maximum atomic E-state index is 4.90. The Morgan fingerprint density at radius 3 is 2.43 bits per heavy atom. The number of para-hydroxylation sites is 1. The fourth-order valence-corrected chi connectivity index (χ4v) is 5.18. The quantitative estimate of drug-likeness (QED) is 0.311. The van der Waals surface area contributed by atoms with E-state index in [1.807, 2.05) is 41.2 Å². The van der Waals surface area contributed by atoms with E-state index in [4.69, 9.17) is 9.97 Å². The minimum atomic E-state index is 0.335. The summed E-state index contributed by atoms with van der Waals surface area (Å²) in [6, 6.07) is 23.2. The fourth-order valence-electron chi connectivity index (χ4n) is 4.55. The monoisotopic (exact) mass is 481 g/mol. The summed E-state index contributed by atoms with van der Waals surface area (Å²) in [4.78, 5) is 16.9. The highest BCUT2D eigenvalue weighted by atomic mass is 32.1. The third-order valence-corrected chi connectivity index (χ3v) is 7.06. The summed E-state index contributed by atoms with van der Waals surface area (Å²) in [5.41, 5.74) is 4.94. The van der Waals surface area contributed by atoms with Crippen molar-refractivity contribution in [2.75, 3.05) is 23.7 Å². The predicted octanol–water partition coefficient (Wildman–Crippen LogP) is 5.70. The van der Waals surface area contributed by atoms with Crippen LogP contribution in [0.3, 0.4) is 0 Å². The Kier molecular flexibility index (Phi) is 6.13. The molecular formula is C27H27N7S. The lowest BCUT2D eigenvalue weighted by Crippen LogP contribution is -2.39. The van der Waals surface area contributed by atoms with E-state index in [0.717, 1.165) is 55.0 Å². The van der Waals surface area contributed by atoms with E-state index >= 15 is 0 Å². The first-order valence-electron chi connectivity index (χ1n) is 11.9. The Balaban J connectivity index is 1.24. The van der Waals surface area contributed by atoms with E-state index in [1.54, 1.807) is 11.3 Å². The highest BCUT2D eigenvalue weighted by Gasteiger charge is 2.21. The number of rotatable bonds is 7. The van der Waals surface area contributed by atoms with Crippen LogP contribution in [0.15, 0.2) is 83.8 Å². The number of aromatic nitrogens is 4. The molecule has 0 spiro atoms. The van der Waals surface area contributed by atoms with Crippen LogP contribution in [0.2, 0.25) is 0 Å². The molecule has 0 unspecified atom stereocenters. The van der Waals surface area contributed by atoms with Crippen LogP contribution in [0.25, 0.3) is 16.9 Å².